The number of nitrogens with one attached hydrogen (secondary N) is 2. The van der Waals surface area contributed by atoms with Crippen molar-refractivity contribution in [2.75, 3.05) is 0 Å². The number of aryl methyl sites for hydroxylation is 2. The number of imidazole rings is 2. The molecule has 0 bridgehead atoms. The molecule has 2 aromatic heterocycles. The predicted molar refractivity (Wildman–Crippen MR) is 155 cm³/mol. The van der Waals surface area contributed by atoms with Crippen molar-refractivity contribution in [3.8, 4) is 0 Å². The van der Waals surface area contributed by atoms with Gasteiger partial charge in [-0.2, -0.15) is 10.2 Å². The van der Waals surface area contributed by atoms with Gasteiger partial charge in [0.25, 0.3) is 0 Å². The lowest BCUT2D eigenvalue weighted by Gasteiger charge is -2.03. The standard InChI is InChI=1S/C29H36N8O2/c1-3-36-24-16-12-10-14-22(24)32-26(36)20-30-34-28(38)18-8-6-5-7-9-19-29(39)35-31-21-27-33-23-15-11-13-17-25(23)37(27)4-2/h10-17,20-21H,3-9,18-19H2,1-2H3,(H,34,38)(H,35,39)/b30-20-,31-21-. The van der Waals surface area contributed by atoms with Gasteiger partial charge in [0.1, 0.15) is 0 Å². The third-order valence-corrected chi connectivity index (χ3v) is 6.55. The summed E-state index contributed by atoms with van der Waals surface area (Å²) in [6, 6.07) is 15.8. The lowest BCUT2D eigenvalue weighted by molar-refractivity contribution is -0.121. The van der Waals surface area contributed by atoms with Crippen LogP contribution in [0.4, 0.5) is 0 Å². The van der Waals surface area contributed by atoms with Gasteiger partial charge in [-0.15, -0.1) is 0 Å². The number of nitrogens with zero attached hydrogens (tertiary/aromatic N) is 6. The number of fused-ring (bicyclic) bond motifs is 2. The fourth-order valence-corrected chi connectivity index (χ4v) is 4.59. The Bertz CT molecular complexity index is 1360. The molecule has 2 amide bonds. The summed E-state index contributed by atoms with van der Waals surface area (Å²) in [6.07, 6.45) is 8.40. The fourth-order valence-electron chi connectivity index (χ4n) is 4.59. The zero-order chi connectivity index (χ0) is 27.5. The van der Waals surface area contributed by atoms with E-state index < -0.39 is 0 Å². The van der Waals surface area contributed by atoms with Gasteiger partial charge in [0, 0.05) is 25.9 Å². The smallest absolute Gasteiger partial charge is 0.240 e. The molecule has 2 N–H and O–H groups in total. The number of hydrogen-bond acceptors (Lipinski definition) is 6. The Morgan fingerprint density at radius 3 is 1.54 bits per heavy atom. The van der Waals surface area contributed by atoms with Crippen molar-refractivity contribution in [3.05, 3.63) is 60.2 Å². The summed E-state index contributed by atoms with van der Waals surface area (Å²) in [5.74, 6) is 1.21. The van der Waals surface area contributed by atoms with Crippen LogP contribution in [0.5, 0.6) is 0 Å². The van der Waals surface area contributed by atoms with E-state index in [1.54, 1.807) is 12.4 Å². The van der Waals surface area contributed by atoms with Crippen LogP contribution >= 0.6 is 0 Å². The van der Waals surface area contributed by atoms with Gasteiger partial charge in [0.15, 0.2) is 11.6 Å². The minimum absolute atomic E-state index is 0.112. The lowest BCUT2D eigenvalue weighted by atomic mass is 10.1. The molecular formula is C29H36N8O2. The maximum Gasteiger partial charge on any atom is 0.240 e. The molecule has 0 radical (unpaired) electrons. The molecular weight excluding hydrogens is 492 g/mol. The number of amides is 2. The molecule has 4 aromatic rings. The van der Waals surface area contributed by atoms with E-state index in [2.05, 4.69) is 54.0 Å². The molecule has 10 nitrogen and oxygen atoms in total. The second-order valence-corrected chi connectivity index (χ2v) is 9.26. The summed E-state index contributed by atoms with van der Waals surface area (Å²) >= 11 is 0. The van der Waals surface area contributed by atoms with Crippen LogP contribution in [-0.4, -0.2) is 43.3 Å². The van der Waals surface area contributed by atoms with E-state index >= 15 is 0 Å². The third kappa shape index (κ3) is 7.37. The first-order valence-corrected chi connectivity index (χ1v) is 13.6. The average molecular weight is 529 g/mol. The molecule has 2 aromatic carbocycles. The Morgan fingerprint density at radius 1 is 0.692 bits per heavy atom. The van der Waals surface area contributed by atoms with E-state index in [0.29, 0.717) is 12.8 Å². The second kappa shape index (κ2) is 14.0. The van der Waals surface area contributed by atoms with Crippen molar-refractivity contribution in [3.63, 3.8) is 0 Å². The fraction of sp³-hybridized carbons (Fsp3) is 0.379. The van der Waals surface area contributed by atoms with Gasteiger partial charge in [0.2, 0.25) is 11.8 Å². The Hall–Kier alpha value is -4.34. The molecule has 4 rings (SSSR count). The van der Waals surface area contributed by atoms with Gasteiger partial charge >= 0.3 is 0 Å². The first kappa shape index (κ1) is 27.7. The van der Waals surface area contributed by atoms with Crippen molar-refractivity contribution in [2.45, 2.75) is 71.9 Å². The summed E-state index contributed by atoms with van der Waals surface area (Å²) < 4.78 is 4.11. The Morgan fingerprint density at radius 2 is 1.10 bits per heavy atom. The molecule has 0 saturated heterocycles. The minimum Gasteiger partial charge on any atom is -0.323 e. The van der Waals surface area contributed by atoms with Crippen LogP contribution in [0.25, 0.3) is 22.1 Å². The average Bonchev–Trinajstić information content (AvgIpc) is 3.49. The lowest BCUT2D eigenvalue weighted by Crippen LogP contribution is -2.17. The van der Waals surface area contributed by atoms with E-state index in [-0.39, 0.29) is 11.8 Å². The highest BCUT2D eigenvalue weighted by molar-refractivity contribution is 5.87. The maximum absolute atomic E-state index is 12.1. The van der Waals surface area contributed by atoms with Crippen molar-refractivity contribution < 1.29 is 9.59 Å². The van der Waals surface area contributed by atoms with Crippen LogP contribution in [0.3, 0.4) is 0 Å². The van der Waals surface area contributed by atoms with E-state index in [0.717, 1.165) is 78.9 Å². The zero-order valence-corrected chi connectivity index (χ0v) is 22.6. The number of benzene rings is 2. The number of carbonyl (C=O) groups is 2. The Kier molecular flexibility index (Phi) is 9.93. The summed E-state index contributed by atoms with van der Waals surface area (Å²) in [6.45, 7) is 5.65. The molecule has 0 spiro atoms. The van der Waals surface area contributed by atoms with E-state index in [4.69, 9.17) is 0 Å². The minimum atomic E-state index is -0.112. The molecule has 0 atom stereocenters. The van der Waals surface area contributed by atoms with Crippen molar-refractivity contribution in [1.29, 1.82) is 0 Å². The van der Waals surface area contributed by atoms with Gasteiger partial charge in [-0.1, -0.05) is 43.5 Å². The van der Waals surface area contributed by atoms with Crippen LogP contribution in [-0.2, 0) is 22.7 Å². The van der Waals surface area contributed by atoms with Gasteiger partial charge in [-0.3, -0.25) is 9.59 Å². The molecule has 0 fully saturated rings. The Balaban J connectivity index is 1.07. The molecule has 39 heavy (non-hydrogen) atoms. The Labute approximate surface area is 228 Å². The van der Waals surface area contributed by atoms with Gasteiger partial charge in [-0.05, 0) is 51.0 Å². The highest BCUT2D eigenvalue weighted by Crippen LogP contribution is 2.16. The van der Waals surface area contributed by atoms with Crippen LogP contribution in [0.15, 0.2) is 58.7 Å². The van der Waals surface area contributed by atoms with Crippen LogP contribution in [0, 0.1) is 0 Å². The number of carbonyl (C=O) groups excluding carboxylic acids is 2. The molecule has 0 unspecified atom stereocenters. The normalized spacial score (nSPS) is 11.7. The highest BCUT2D eigenvalue weighted by atomic mass is 16.2. The number of hydrazone groups is 2. The predicted octanol–water partition coefficient (Wildman–Crippen LogP) is 4.76. The molecule has 0 saturated carbocycles. The number of hydrogen-bond donors (Lipinski definition) is 2. The highest BCUT2D eigenvalue weighted by Gasteiger charge is 2.08. The number of unbranched alkanes of at least 4 members (excludes halogenated alkanes) is 4. The summed E-state index contributed by atoms with van der Waals surface area (Å²) in [5.41, 5.74) is 9.10. The maximum atomic E-state index is 12.1. The molecule has 0 aliphatic carbocycles. The second-order valence-electron chi connectivity index (χ2n) is 9.26. The number of para-hydroxylation sites is 4. The van der Waals surface area contributed by atoms with E-state index in [1.165, 1.54) is 0 Å². The van der Waals surface area contributed by atoms with E-state index in [9.17, 15) is 9.59 Å². The quantitative estimate of drug-likeness (QED) is 0.139. The first-order valence-electron chi connectivity index (χ1n) is 13.6. The molecule has 10 heteroatoms. The zero-order valence-electron chi connectivity index (χ0n) is 22.6. The summed E-state index contributed by atoms with van der Waals surface area (Å²) in [7, 11) is 0. The monoisotopic (exact) mass is 528 g/mol. The molecule has 0 aliphatic heterocycles. The topological polar surface area (TPSA) is 119 Å². The largest absolute Gasteiger partial charge is 0.323 e. The van der Waals surface area contributed by atoms with E-state index in [1.807, 2.05) is 48.5 Å². The van der Waals surface area contributed by atoms with Gasteiger partial charge < -0.3 is 9.13 Å². The number of aromatic nitrogens is 4. The third-order valence-electron chi connectivity index (χ3n) is 6.55. The first-order chi connectivity index (χ1) is 19.1. The number of rotatable bonds is 14. The van der Waals surface area contributed by atoms with Gasteiger partial charge in [0.05, 0.1) is 34.5 Å². The van der Waals surface area contributed by atoms with Crippen molar-refractivity contribution in [2.24, 2.45) is 10.2 Å². The van der Waals surface area contributed by atoms with Crippen LogP contribution in [0.2, 0.25) is 0 Å². The molecule has 2 heterocycles. The SMILES string of the molecule is CCn1c(/C=N\NC(=O)CCCCCCCC(=O)N/N=C\c2nc3ccccc3n2CC)nc2ccccc21. The summed E-state index contributed by atoms with van der Waals surface area (Å²) in [5, 5.41) is 8.18. The van der Waals surface area contributed by atoms with Gasteiger partial charge in [-0.25, -0.2) is 20.8 Å². The van der Waals surface area contributed by atoms with Crippen LogP contribution in [0.1, 0.15) is 70.4 Å². The van der Waals surface area contributed by atoms with Crippen LogP contribution < -0.4 is 10.9 Å². The molecule has 204 valence electrons. The summed E-state index contributed by atoms with van der Waals surface area (Å²) in [4.78, 5) is 33.3. The van der Waals surface area contributed by atoms with Crippen molar-refractivity contribution >= 4 is 46.3 Å². The molecule has 0 aliphatic rings. The van der Waals surface area contributed by atoms with Crippen molar-refractivity contribution in [1.82, 2.24) is 30.0 Å².